The van der Waals surface area contributed by atoms with Crippen molar-refractivity contribution in [3.63, 3.8) is 0 Å². The molecule has 0 radical (unpaired) electrons. The molecule has 0 atom stereocenters. The summed E-state index contributed by atoms with van der Waals surface area (Å²) in [7, 11) is 12.4. The van der Waals surface area contributed by atoms with Crippen molar-refractivity contribution in [3.05, 3.63) is 0 Å². The quantitative estimate of drug-likeness (QED) is 0.565. The molecule has 0 spiro atoms. The number of hydrogen-bond donors (Lipinski definition) is 0. The third-order valence-electron chi connectivity index (χ3n) is 0.178. The van der Waals surface area contributed by atoms with E-state index in [0.29, 0.717) is 0 Å². The molecular weight excluding hydrogens is 185 g/mol. The van der Waals surface area contributed by atoms with Crippen LogP contribution in [0.1, 0.15) is 0 Å². The van der Waals surface area contributed by atoms with E-state index >= 15 is 0 Å². The van der Waals surface area contributed by atoms with E-state index < -0.39 is 13.0 Å². The summed E-state index contributed by atoms with van der Waals surface area (Å²) in [6, 6.07) is 0. The summed E-state index contributed by atoms with van der Waals surface area (Å²) in [6.07, 6.45) is 1.94. The molecule has 4 heteroatoms. The third-order valence-corrected chi connectivity index (χ3v) is 8.33. The van der Waals surface area contributed by atoms with Crippen molar-refractivity contribution in [2.75, 3.05) is 6.26 Å². The monoisotopic (exact) mass is 186 g/mol. The van der Waals surface area contributed by atoms with Gasteiger partial charge in [-0.15, -0.1) is 0 Å². The van der Waals surface area contributed by atoms with E-state index in [1.165, 1.54) is 0 Å². The molecule has 0 bridgehead atoms. The minimum absolute atomic E-state index is 1.60. The molecule has 0 rings (SSSR count). The Kier molecular flexibility index (Phi) is 4.92. The maximum atomic E-state index is 5.38. The Hall–Kier alpha value is 1.57. The van der Waals surface area contributed by atoms with E-state index in [-0.39, 0.29) is 0 Å². The van der Waals surface area contributed by atoms with Gasteiger partial charge in [0.2, 0.25) is 0 Å². The van der Waals surface area contributed by atoms with E-state index in [2.05, 4.69) is 0 Å². The van der Waals surface area contributed by atoms with Crippen LogP contribution in [0.5, 0.6) is 0 Å². The molecule has 0 amide bonds. The molecule has 0 aromatic carbocycles. The molecule has 0 aliphatic heterocycles. The van der Waals surface area contributed by atoms with Crippen molar-refractivity contribution in [2.45, 2.75) is 0 Å². The van der Waals surface area contributed by atoms with Crippen LogP contribution >= 0.6 is 29.0 Å². The van der Waals surface area contributed by atoms with Crippen molar-refractivity contribution >= 4 is 42.0 Å². The predicted molar refractivity (Wildman–Crippen MR) is 31.0 cm³/mol. The molecule has 0 saturated heterocycles. The van der Waals surface area contributed by atoms with E-state index in [4.69, 9.17) is 19.3 Å². The van der Waals surface area contributed by atoms with Gasteiger partial charge in [-0.2, -0.15) is 0 Å². The second-order valence-electron chi connectivity index (χ2n) is 0.496. The van der Waals surface area contributed by atoms with E-state index in [1.807, 2.05) is 6.26 Å². The molecular formula is CH3Cl2GaS. The van der Waals surface area contributed by atoms with Crippen molar-refractivity contribution < 1.29 is 0 Å². The summed E-state index contributed by atoms with van der Waals surface area (Å²) in [5, 5.41) is 0. The molecule has 0 saturated carbocycles. The van der Waals surface area contributed by atoms with Crippen LogP contribution < -0.4 is 0 Å². The fraction of sp³-hybridized carbons (Fsp3) is 1.00. The summed E-state index contributed by atoms with van der Waals surface area (Å²) in [5.41, 5.74) is 0. The fourth-order valence-corrected chi connectivity index (χ4v) is 0. The SMILES string of the molecule is C[S][Ga]([Cl])[Cl]. The molecule has 0 aliphatic carbocycles. The third kappa shape index (κ3) is 5.57. The Morgan fingerprint density at radius 2 is 1.80 bits per heavy atom. The van der Waals surface area contributed by atoms with Crippen molar-refractivity contribution in [3.8, 4) is 0 Å². The topological polar surface area (TPSA) is 0 Å². The second-order valence-corrected chi connectivity index (χ2v) is 15.9. The Morgan fingerprint density at radius 3 is 1.80 bits per heavy atom. The van der Waals surface area contributed by atoms with Crippen LogP contribution in [-0.4, -0.2) is 19.2 Å². The Bertz CT molecular complexity index is 23.6. The molecule has 0 aromatic heterocycles. The van der Waals surface area contributed by atoms with Gasteiger partial charge < -0.3 is 0 Å². The molecule has 0 fully saturated rings. The van der Waals surface area contributed by atoms with Gasteiger partial charge >= 0.3 is 48.2 Å². The average molecular weight is 188 g/mol. The van der Waals surface area contributed by atoms with Crippen LogP contribution in [0.25, 0.3) is 0 Å². The zero-order valence-corrected chi connectivity index (χ0v) is 7.49. The minimum atomic E-state index is -1.65. The average Bonchev–Trinajstić information content (AvgIpc) is 1.38. The van der Waals surface area contributed by atoms with Gasteiger partial charge in [-0.1, -0.05) is 0 Å². The van der Waals surface area contributed by atoms with Gasteiger partial charge in [-0.25, -0.2) is 0 Å². The van der Waals surface area contributed by atoms with Crippen molar-refractivity contribution in [2.24, 2.45) is 0 Å². The summed E-state index contributed by atoms with van der Waals surface area (Å²) in [4.78, 5) is 0. The molecule has 5 heavy (non-hydrogen) atoms. The zero-order chi connectivity index (χ0) is 4.28. The van der Waals surface area contributed by atoms with Gasteiger partial charge in [-0.3, -0.25) is 0 Å². The molecule has 0 N–H and O–H groups in total. The first-order valence-corrected chi connectivity index (χ1v) is 11.7. The van der Waals surface area contributed by atoms with E-state index in [9.17, 15) is 0 Å². The molecule has 0 aliphatic rings. The predicted octanol–water partition coefficient (Wildman–Crippen LogP) is 1.81. The zero-order valence-electron chi connectivity index (χ0n) is 2.74. The van der Waals surface area contributed by atoms with E-state index in [1.54, 1.807) is 9.70 Å². The fourth-order valence-electron chi connectivity index (χ4n) is 0. The normalized spacial score (nSPS) is 7.80. The molecule has 0 nitrogen and oxygen atoms in total. The second kappa shape index (κ2) is 3.75. The molecule has 0 aromatic rings. The summed E-state index contributed by atoms with van der Waals surface area (Å²) >= 11 is -1.65. The standard InChI is InChI=1S/CH4S.2ClH.Ga/c1-2;;;/h2H,1H3;2*1H;/q;;;+3/p-3. The van der Waals surface area contributed by atoms with Crippen LogP contribution in [0.15, 0.2) is 0 Å². The van der Waals surface area contributed by atoms with Crippen LogP contribution in [0.2, 0.25) is 0 Å². The van der Waals surface area contributed by atoms with Gasteiger partial charge in [0.1, 0.15) is 0 Å². The molecule has 0 heterocycles. The number of halogens is 2. The van der Waals surface area contributed by atoms with Crippen molar-refractivity contribution in [1.29, 1.82) is 0 Å². The number of hydrogen-bond acceptors (Lipinski definition) is 1. The van der Waals surface area contributed by atoms with Gasteiger partial charge in [0.15, 0.2) is 0 Å². The maximum absolute atomic E-state index is 5.38. The van der Waals surface area contributed by atoms with Crippen LogP contribution in [0.4, 0.5) is 0 Å². The van der Waals surface area contributed by atoms with Gasteiger partial charge in [0.25, 0.3) is 0 Å². The molecule has 0 unspecified atom stereocenters. The first-order valence-electron chi connectivity index (χ1n) is 1.08. The summed E-state index contributed by atoms with van der Waals surface area (Å²) in [5.74, 6) is 0. The number of rotatable bonds is 1. The first-order chi connectivity index (χ1) is 2.27. The Balaban J connectivity index is 2.54. The van der Waals surface area contributed by atoms with Gasteiger partial charge in [0.05, 0.1) is 0 Å². The molecule has 30 valence electrons. The van der Waals surface area contributed by atoms with Gasteiger partial charge in [0, 0.05) is 0 Å². The Labute approximate surface area is 48.1 Å². The van der Waals surface area contributed by atoms with E-state index in [0.717, 1.165) is 0 Å². The van der Waals surface area contributed by atoms with Crippen LogP contribution in [-0.2, 0) is 0 Å². The Morgan fingerprint density at radius 1 is 1.60 bits per heavy atom. The summed E-state index contributed by atoms with van der Waals surface area (Å²) < 4.78 is 0. The van der Waals surface area contributed by atoms with Crippen molar-refractivity contribution in [1.82, 2.24) is 0 Å². The van der Waals surface area contributed by atoms with Crippen LogP contribution in [0, 0.1) is 0 Å². The van der Waals surface area contributed by atoms with Gasteiger partial charge in [-0.05, 0) is 0 Å². The summed E-state index contributed by atoms with van der Waals surface area (Å²) in [6.45, 7) is 0. The first kappa shape index (κ1) is 6.57. The van der Waals surface area contributed by atoms with Crippen LogP contribution in [0.3, 0.4) is 0 Å².